The third-order valence-electron chi connectivity index (χ3n) is 1.56. The van der Waals surface area contributed by atoms with Crippen molar-refractivity contribution in [3.63, 3.8) is 0 Å². The lowest BCUT2D eigenvalue weighted by atomic mass is 10.1. The van der Waals surface area contributed by atoms with Gasteiger partial charge in [-0.3, -0.25) is 14.8 Å². The fourth-order valence-electron chi connectivity index (χ4n) is 1.04. The fourth-order valence-corrected chi connectivity index (χ4v) is 1.04. The highest BCUT2D eigenvalue weighted by molar-refractivity contribution is 6.29. The minimum absolute atomic E-state index is 0. The molecule has 0 saturated carbocycles. The SMILES string of the molecule is Cl.O=C1C=Nc2cccnc2C1. The summed E-state index contributed by atoms with van der Waals surface area (Å²) in [5.41, 5.74) is 1.59. The second kappa shape index (κ2) is 3.45. The lowest BCUT2D eigenvalue weighted by molar-refractivity contribution is -0.112. The van der Waals surface area contributed by atoms with E-state index in [4.69, 9.17) is 0 Å². The Bertz CT molecular complexity index is 336. The molecular weight excluding hydrogens is 176 g/mol. The number of hydrogen-bond donors (Lipinski definition) is 0. The molecule has 1 aliphatic heterocycles. The van der Waals surface area contributed by atoms with Gasteiger partial charge in [-0.1, -0.05) is 0 Å². The number of Topliss-reactive ketones (excluding diaryl/α,β-unsaturated/α-hetero) is 1. The first kappa shape index (κ1) is 8.87. The van der Waals surface area contributed by atoms with E-state index in [1.807, 2.05) is 12.1 Å². The first-order valence-corrected chi connectivity index (χ1v) is 3.37. The van der Waals surface area contributed by atoms with Crippen molar-refractivity contribution in [1.29, 1.82) is 0 Å². The van der Waals surface area contributed by atoms with Gasteiger partial charge in [-0.25, -0.2) is 0 Å². The average molecular weight is 183 g/mol. The molecule has 0 N–H and O–H groups in total. The smallest absolute Gasteiger partial charge is 0.179 e. The van der Waals surface area contributed by atoms with Gasteiger partial charge < -0.3 is 0 Å². The molecule has 0 radical (unpaired) electrons. The van der Waals surface area contributed by atoms with E-state index in [1.165, 1.54) is 6.21 Å². The Balaban J connectivity index is 0.000000720. The molecule has 2 rings (SSSR count). The molecule has 12 heavy (non-hydrogen) atoms. The Morgan fingerprint density at radius 2 is 2.25 bits per heavy atom. The third kappa shape index (κ3) is 1.51. The van der Waals surface area contributed by atoms with Gasteiger partial charge in [0.1, 0.15) is 0 Å². The van der Waals surface area contributed by atoms with E-state index < -0.39 is 0 Å². The molecule has 1 aromatic rings. The monoisotopic (exact) mass is 182 g/mol. The van der Waals surface area contributed by atoms with E-state index in [0.29, 0.717) is 6.42 Å². The highest BCUT2D eigenvalue weighted by Gasteiger charge is 2.10. The Morgan fingerprint density at radius 1 is 1.42 bits per heavy atom. The number of hydrogen-bond acceptors (Lipinski definition) is 3. The highest BCUT2D eigenvalue weighted by atomic mass is 35.5. The van der Waals surface area contributed by atoms with Crippen molar-refractivity contribution in [3.05, 3.63) is 24.0 Å². The number of halogens is 1. The number of ketones is 1. The van der Waals surface area contributed by atoms with Gasteiger partial charge in [0.2, 0.25) is 0 Å². The molecule has 0 amide bonds. The second-order valence-corrected chi connectivity index (χ2v) is 2.37. The predicted octanol–water partition coefficient (Wildman–Crippen LogP) is 1.33. The van der Waals surface area contributed by atoms with Crippen LogP contribution in [0.15, 0.2) is 23.3 Å². The standard InChI is InChI=1S/C8H6N2O.ClH/c11-6-4-8-7(10-5-6)2-1-3-9-8;/h1-3,5H,4H2;1H. The molecule has 0 aliphatic carbocycles. The molecule has 1 aromatic heterocycles. The van der Waals surface area contributed by atoms with Gasteiger partial charge >= 0.3 is 0 Å². The molecule has 0 spiro atoms. The molecule has 62 valence electrons. The summed E-state index contributed by atoms with van der Waals surface area (Å²) in [5.74, 6) is 0.0243. The summed E-state index contributed by atoms with van der Waals surface area (Å²) in [7, 11) is 0. The Labute approximate surface area is 75.9 Å². The van der Waals surface area contributed by atoms with Gasteiger partial charge in [-0.2, -0.15) is 0 Å². The molecule has 1 aliphatic rings. The summed E-state index contributed by atoms with van der Waals surface area (Å²) in [5, 5.41) is 0. The average Bonchev–Trinajstić information content (AvgIpc) is 2.04. The van der Waals surface area contributed by atoms with Crippen LogP contribution in [0.5, 0.6) is 0 Å². The molecule has 0 fully saturated rings. The van der Waals surface area contributed by atoms with E-state index in [2.05, 4.69) is 9.98 Å². The van der Waals surface area contributed by atoms with Crippen molar-refractivity contribution in [2.24, 2.45) is 4.99 Å². The molecule has 0 saturated heterocycles. The second-order valence-electron chi connectivity index (χ2n) is 2.37. The quantitative estimate of drug-likeness (QED) is 0.608. The molecule has 0 aromatic carbocycles. The number of carbonyl (C=O) groups excluding carboxylic acids is 1. The van der Waals surface area contributed by atoms with Crippen LogP contribution in [0.1, 0.15) is 5.69 Å². The van der Waals surface area contributed by atoms with Gasteiger partial charge in [0, 0.05) is 6.20 Å². The van der Waals surface area contributed by atoms with Crippen LogP contribution < -0.4 is 0 Å². The van der Waals surface area contributed by atoms with Crippen molar-refractivity contribution < 1.29 is 4.79 Å². The first-order valence-electron chi connectivity index (χ1n) is 3.37. The summed E-state index contributed by atoms with van der Waals surface area (Å²) in [6, 6.07) is 3.66. The topological polar surface area (TPSA) is 42.3 Å². The van der Waals surface area contributed by atoms with E-state index in [-0.39, 0.29) is 18.2 Å². The maximum absolute atomic E-state index is 10.8. The van der Waals surface area contributed by atoms with Crippen molar-refractivity contribution >= 4 is 30.1 Å². The van der Waals surface area contributed by atoms with Crippen molar-refractivity contribution in [2.45, 2.75) is 6.42 Å². The first-order chi connectivity index (χ1) is 5.36. The summed E-state index contributed by atoms with van der Waals surface area (Å²) >= 11 is 0. The van der Waals surface area contributed by atoms with Crippen LogP contribution in [0.2, 0.25) is 0 Å². The van der Waals surface area contributed by atoms with Gasteiger partial charge in [0.15, 0.2) is 5.78 Å². The number of rotatable bonds is 0. The summed E-state index contributed by atoms with van der Waals surface area (Å²) in [4.78, 5) is 18.8. The number of aromatic nitrogens is 1. The van der Waals surface area contributed by atoms with Gasteiger partial charge in [-0.05, 0) is 12.1 Å². The summed E-state index contributed by atoms with van der Waals surface area (Å²) < 4.78 is 0. The number of aliphatic imine (C=N–C) groups is 1. The van der Waals surface area contributed by atoms with Crippen LogP contribution in [-0.2, 0) is 11.2 Å². The molecule has 0 bridgehead atoms. The maximum Gasteiger partial charge on any atom is 0.179 e. The molecule has 2 heterocycles. The highest BCUT2D eigenvalue weighted by Crippen LogP contribution is 2.18. The van der Waals surface area contributed by atoms with E-state index in [9.17, 15) is 4.79 Å². The third-order valence-corrected chi connectivity index (χ3v) is 1.56. The minimum Gasteiger partial charge on any atom is -0.293 e. The van der Waals surface area contributed by atoms with Crippen molar-refractivity contribution in [1.82, 2.24) is 4.98 Å². The minimum atomic E-state index is 0. The Morgan fingerprint density at radius 3 is 3.08 bits per heavy atom. The zero-order valence-corrected chi connectivity index (χ0v) is 7.04. The molecule has 4 heteroatoms. The zero-order valence-electron chi connectivity index (χ0n) is 6.23. The number of fused-ring (bicyclic) bond motifs is 1. The number of nitrogens with zero attached hydrogens (tertiary/aromatic N) is 2. The van der Waals surface area contributed by atoms with E-state index in [0.717, 1.165) is 11.4 Å². The van der Waals surface area contributed by atoms with Crippen LogP contribution in [0.4, 0.5) is 5.69 Å². The van der Waals surface area contributed by atoms with Crippen molar-refractivity contribution in [2.75, 3.05) is 0 Å². The largest absolute Gasteiger partial charge is 0.293 e. The van der Waals surface area contributed by atoms with Crippen LogP contribution in [0.25, 0.3) is 0 Å². The lowest BCUT2D eigenvalue weighted by Crippen LogP contribution is -2.09. The molecule has 0 atom stereocenters. The van der Waals surface area contributed by atoms with Crippen LogP contribution in [0, 0.1) is 0 Å². The number of carbonyl (C=O) groups is 1. The van der Waals surface area contributed by atoms with Crippen LogP contribution in [0.3, 0.4) is 0 Å². The lowest BCUT2D eigenvalue weighted by Gasteiger charge is -2.05. The normalized spacial score (nSPS) is 13.5. The fraction of sp³-hybridized carbons (Fsp3) is 0.125. The van der Waals surface area contributed by atoms with E-state index in [1.54, 1.807) is 6.20 Å². The van der Waals surface area contributed by atoms with Crippen molar-refractivity contribution in [3.8, 4) is 0 Å². The molecule has 3 nitrogen and oxygen atoms in total. The molecule has 0 unspecified atom stereocenters. The van der Waals surface area contributed by atoms with E-state index >= 15 is 0 Å². The Kier molecular flexibility index (Phi) is 2.55. The van der Waals surface area contributed by atoms with Crippen LogP contribution >= 0.6 is 12.4 Å². The maximum atomic E-state index is 10.8. The molecular formula is C8H7ClN2O. The summed E-state index contributed by atoms with van der Waals surface area (Å²) in [6.45, 7) is 0. The Hall–Kier alpha value is -1.22. The number of pyridine rings is 1. The van der Waals surface area contributed by atoms with Gasteiger partial charge in [0.25, 0.3) is 0 Å². The zero-order chi connectivity index (χ0) is 7.68. The van der Waals surface area contributed by atoms with Crippen LogP contribution in [-0.4, -0.2) is 17.0 Å². The van der Waals surface area contributed by atoms with Gasteiger partial charge in [-0.15, -0.1) is 12.4 Å². The predicted molar refractivity (Wildman–Crippen MR) is 48.3 cm³/mol. The van der Waals surface area contributed by atoms with Gasteiger partial charge in [0.05, 0.1) is 24.0 Å². The summed E-state index contributed by atoms with van der Waals surface area (Å²) in [6.07, 6.45) is 3.41.